The summed E-state index contributed by atoms with van der Waals surface area (Å²) in [6.07, 6.45) is 2.21. The van der Waals surface area contributed by atoms with E-state index < -0.39 is 6.10 Å². The summed E-state index contributed by atoms with van der Waals surface area (Å²) in [7, 11) is 0. The molecule has 0 saturated carbocycles. The van der Waals surface area contributed by atoms with E-state index in [9.17, 15) is 9.90 Å². The van der Waals surface area contributed by atoms with Crippen LogP contribution in [0.1, 0.15) is 37.9 Å². The van der Waals surface area contributed by atoms with Crippen molar-refractivity contribution in [2.75, 3.05) is 19.6 Å². The zero-order valence-electron chi connectivity index (χ0n) is 13.6. The lowest BCUT2D eigenvalue weighted by Crippen LogP contribution is -2.51. The molecule has 2 aliphatic heterocycles. The molecule has 3 unspecified atom stereocenters. The predicted octanol–water partition coefficient (Wildman–Crippen LogP) is 2.38. The minimum Gasteiger partial charge on any atom is -0.388 e. The van der Waals surface area contributed by atoms with Crippen molar-refractivity contribution in [2.24, 2.45) is 11.8 Å². The minimum absolute atomic E-state index is 0. The summed E-state index contributed by atoms with van der Waals surface area (Å²) < 4.78 is 0. The van der Waals surface area contributed by atoms with Crippen LogP contribution in [0.5, 0.6) is 0 Å². The highest BCUT2D eigenvalue weighted by molar-refractivity contribution is 5.85. The highest BCUT2D eigenvalue weighted by atomic mass is 35.5. The molecule has 2 fully saturated rings. The van der Waals surface area contributed by atoms with E-state index in [2.05, 4.69) is 12.2 Å². The van der Waals surface area contributed by atoms with Crippen LogP contribution in [-0.4, -0.2) is 41.6 Å². The number of carbonyl (C=O) groups is 1. The van der Waals surface area contributed by atoms with Crippen molar-refractivity contribution >= 4 is 18.3 Å². The first-order valence-electron chi connectivity index (χ1n) is 8.41. The van der Waals surface area contributed by atoms with Crippen molar-refractivity contribution in [3.05, 3.63) is 35.9 Å². The summed E-state index contributed by atoms with van der Waals surface area (Å²) in [6.45, 7) is 4.81. The molecular weight excluding hydrogens is 312 g/mol. The van der Waals surface area contributed by atoms with E-state index in [-0.39, 0.29) is 30.3 Å². The van der Waals surface area contributed by atoms with Gasteiger partial charge in [-0.15, -0.1) is 12.4 Å². The summed E-state index contributed by atoms with van der Waals surface area (Å²) in [5, 5.41) is 13.7. The monoisotopic (exact) mass is 338 g/mol. The molecule has 3 rings (SSSR count). The van der Waals surface area contributed by atoms with Gasteiger partial charge in [0.05, 0.1) is 6.10 Å². The highest BCUT2D eigenvalue weighted by Gasteiger charge is 2.37. The normalized spacial score (nSPS) is 23.7. The van der Waals surface area contributed by atoms with Gasteiger partial charge >= 0.3 is 0 Å². The fourth-order valence-corrected chi connectivity index (χ4v) is 3.57. The van der Waals surface area contributed by atoms with Crippen LogP contribution in [0.15, 0.2) is 30.3 Å². The molecule has 3 atom stereocenters. The van der Waals surface area contributed by atoms with Crippen LogP contribution in [0.25, 0.3) is 0 Å². The van der Waals surface area contributed by atoms with Crippen molar-refractivity contribution in [3.8, 4) is 0 Å². The number of halogens is 1. The molecule has 23 heavy (non-hydrogen) atoms. The van der Waals surface area contributed by atoms with Crippen molar-refractivity contribution in [1.29, 1.82) is 0 Å². The number of benzene rings is 1. The number of likely N-dealkylation sites (tertiary alicyclic amines) is 1. The Morgan fingerprint density at radius 2 is 2.04 bits per heavy atom. The van der Waals surface area contributed by atoms with E-state index in [1.807, 2.05) is 35.2 Å². The van der Waals surface area contributed by atoms with Crippen LogP contribution in [0.4, 0.5) is 0 Å². The Bertz CT molecular complexity index is 507. The fourth-order valence-electron chi connectivity index (χ4n) is 3.57. The molecule has 128 valence electrons. The van der Waals surface area contributed by atoms with Gasteiger partial charge in [-0.25, -0.2) is 0 Å². The Balaban J connectivity index is 0.00000192. The molecule has 0 radical (unpaired) electrons. The number of carbonyl (C=O) groups excluding carboxylic acids is 1. The fraction of sp³-hybridized carbons (Fsp3) is 0.611. The second-order valence-corrected chi connectivity index (χ2v) is 6.70. The van der Waals surface area contributed by atoms with Crippen LogP contribution < -0.4 is 5.32 Å². The van der Waals surface area contributed by atoms with Gasteiger partial charge in [-0.05, 0) is 43.8 Å². The van der Waals surface area contributed by atoms with Crippen LogP contribution >= 0.6 is 12.4 Å². The summed E-state index contributed by atoms with van der Waals surface area (Å²) >= 11 is 0. The van der Waals surface area contributed by atoms with E-state index in [4.69, 9.17) is 0 Å². The molecule has 0 aromatic heterocycles. The number of nitrogens with zero attached hydrogens (tertiary/aromatic N) is 1. The molecule has 2 aliphatic rings. The van der Waals surface area contributed by atoms with Crippen molar-refractivity contribution in [3.63, 3.8) is 0 Å². The Morgan fingerprint density at radius 1 is 1.35 bits per heavy atom. The van der Waals surface area contributed by atoms with Crippen LogP contribution in [0, 0.1) is 11.8 Å². The van der Waals surface area contributed by atoms with Gasteiger partial charge in [-0.3, -0.25) is 4.79 Å². The lowest BCUT2D eigenvalue weighted by molar-refractivity contribution is -0.138. The Kier molecular flexibility index (Phi) is 6.45. The first-order chi connectivity index (χ1) is 10.7. The van der Waals surface area contributed by atoms with Crippen LogP contribution in [-0.2, 0) is 4.79 Å². The van der Waals surface area contributed by atoms with Gasteiger partial charge in [-0.1, -0.05) is 37.3 Å². The van der Waals surface area contributed by atoms with Crippen molar-refractivity contribution in [2.45, 2.75) is 38.3 Å². The van der Waals surface area contributed by atoms with E-state index in [0.29, 0.717) is 12.3 Å². The standard InChI is InChI=1S/C18H26N2O2.ClH/c1-13(15-11-19-12-15)18(22)20-9-5-8-16(20)10-17(21)14-6-3-2-4-7-14;/h2-4,6-7,13,15-17,19,21H,5,8-12H2,1H3;1H. The summed E-state index contributed by atoms with van der Waals surface area (Å²) in [5.74, 6) is 0.845. The second-order valence-electron chi connectivity index (χ2n) is 6.70. The summed E-state index contributed by atoms with van der Waals surface area (Å²) in [5.41, 5.74) is 0.943. The van der Waals surface area contributed by atoms with Crippen molar-refractivity contribution < 1.29 is 9.90 Å². The average Bonchev–Trinajstić information content (AvgIpc) is 2.93. The number of nitrogens with one attached hydrogen (secondary N) is 1. The van der Waals surface area contributed by atoms with Gasteiger partial charge in [0.2, 0.25) is 5.91 Å². The number of hydrogen-bond donors (Lipinski definition) is 2. The molecule has 0 bridgehead atoms. The molecule has 2 heterocycles. The molecule has 0 aliphatic carbocycles. The zero-order valence-corrected chi connectivity index (χ0v) is 14.5. The molecule has 1 amide bonds. The number of amides is 1. The maximum atomic E-state index is 12.7. The molecule has 2 N–H and O–H groups in total. The van der Waals surface area contributed by atoms with Gasteiger partial charge in [-0.2, -0.15) is 0 Å². The number of aliphatic hydroxyl groups is 1. The maximum Gasteiger partial charge on any atom is 0.226 e. The lowest BCUT2D eigenvalue weighted by atomic mass is 9.87. The smallest absolute Gasteiger partial charge is 0.226 e. The molecule has 2 saturated heterocycles. The number of hydrogen-bond acceptors (Lipinski definition) is 3. The SMILES string of the molecule is CC(C(=O)N1CCCC1CC(O)c1ccccc1)C1CNC1.Cl. The first kappa shape index (κ1) is 18.2. The molecule has 1 aromatic carbocycles. The van der Waals surface area contributed by atoms with E-state index in [1.165, 1.54) is 0 Å². The van der Waals surface area contributed by atoms with Gasteiger partial charge in [0.1, 0.15) is 0 Å². The third kappa shape index (κ3) is 4.06. The Labute approximate surface area is 144 Å². The molecule has 4 nitrogen and oxygen atoms in total. The highest BCUT2D eigenvalue weighted by Crippen LogP contribution is 2.30. The molecule has 5 heteroatoms. The second kappa shape index (κ2) is 8.13. The quantitative estimate of drug-likeness (QED) is 0.866. The van der Waals surface area contributed by atoms with Gasteiger partial charge in [0.15, 0.2) is 0 Å². The largest absolute Gasteiger partial charge is 0.388 e. The third-order valence-corrected chi connectivity index (χ3v) is 5.25. The van der Waals surface area contributed by atoms with E-state index in [0.717, 1.165) is 38.0 Å². The van der Waals surface area contributed by atoms with Crippen molar-refractivity contribution in [1.82, 2.24) is 10.2 Å². The van der Waals surface area contributed by atoms with Gasteiger partial charge in [0.25, 0.3) is 0 Å². The maximum absolute atomic E-state index is 12.7. The molecular formula is C18H27ClN2O2. The first-order valence-corrected chi connectivity index (χ1v) is 8.41. The lowest BCUT2D eigenvalue weighted by Gasteiger charge is -2.36. The van der Waals surface area contributed by atoms with Gasteiger partial charge in [0, 0.05) is 18.5 Å². The summed E-state index contributed by atoms with van der Waals surface area (Å²) in [6, 6.07) is 9.93. The number of rotatable bonds is 5. The summed E-state index contributed by atoms with van der Waals surface area (Å²) in [4.78, 5) is 14.7. The third-order valence-electron chi connectivity index (χ3n) is 5.25. The topological polar surface area (TPSA) is 52.6 Å². The Hall–Kier alpha value is -1.10. The van der Waals surface area contributed by atoms with E-state index >= 15 is 0 Å². The van der Waals surface area contributed by atoms with Crippen LogP contribution in [0.2, 0.25) is 0 Å². The Morgan fingerprint density at radius 3 is 2.65 bits per heavy atom. The van der Waals surface area contributed by atoms with Crippen LogP contribution in [0.3, 0.4) is 0 Å². The molecule has 1 aromatic rings. The number of aliphatic hydroxyl groups excluding tert-OH is 1. The van der Waals surface area contributed by atoms with E-state index in [1.54, 1.807) is 0 Å². The zero-order chi connectivity index (χ0) is 15.5. The van der Waals surface area contributed by atoms with Gasteiger partial charge < -0.3 is 15.3 Å². The minimum atomic E-state index is -0.486. The molecule has 0 spiro atoms. The average molecular weight is 339 g/mol. The predicted molar refractivity (Wildman–Crippen MR) is 93.5 cm³/mol.